The summed E-state index contributed by atoms with van der Waals surface area (Å²) in [6, 6.07) is 7.18. The molecule has 0 fully saturated rings. The van der Waals surface area contributed by atoms with Crippen molar-refractivity contribution in [2.75, 3.05) is 18.4 Å². The Labute approximate surface area is 162 Å². The summed E-state index contributed by atoms with van der Waals surface area (Å²) >= 11 is 3.31. The van der Waals surface area contributed by atoms with Crippen molar-refractivity contribution in [2.45, 2.75) is 37.8 Å². The van der Waals surface area contributed by atoms with Crippen LogP contribution in [0.5, 0.6) is 5.75 Å². The lowest BCUT2D eigenvalue weighted by Crippen LogP contribution is -2.36. The normalized spacial score (nSPS) is 15.0. The maximum absolute atomic E-state index is 12.8. The fourth-order valence-corrected chi connectivity index (χ4v) is 4.76. The number of hydrogen-bond donors (Lipinski definition) is 1. The van der Waals surface area contributed by atoms with Gasteiger partial charge in [-0.1, -0.05) is 15.9 Å². The molecular formula is C18H22BrN3O3S. The summed E-state index contributed by atoms with van der Waals surface area (Å²) in [7, 11) is -2.35. The number of aromatic nitrogens is 1. The predicted molar refractivity (Wildman–Crippen MR) is 105 cm³/mol. The number of nitrogens with one attached hydrogen (secondary N) is 1. The number of hydrogen-bond acceptors (Lipinski definition) is 5. The molecule has 1 aromatic carbocycles. The topological polar surface area (TPSA) is 71.5 Å². The molecule has 6 nitrogen and oxygen atoms in total. The highest BCUT2D eigenvalue weighted by molar-refractivity contribution is 9.10. The number of fused-ring (bicyclic) bond motifs is 1. The molecule has 0 unspecified atom stereocenters. The summed E-state index contributed by atoms with van der Waals surface area (Å²) in [5.74, 6) is 0.289. The molecule has 26 heavy (non-hydrogen) atoms. The number of anilines is 1. The molecule has 0 aliphatic carbocycles. The molecule has 0 spiro atoms. The van der Waals surface area contributed by atoms with Gasteiger partial charge in [-0.25, -0.2) is 8.42 Å². The number of benzene rings is 1. The van der Waals surface area contributed by atoms with Crippen LogP contribution in [0.25, 0.3) is 0 Å². The summed E-state index contributed by atoms with van der Waals surface area (Å²) in [5.41, 5.74) is 2.55. The third-order valence-corrected chi connectivity index (χ3v) is 6.36. The van der Waals surface area contributed by atoms with E-state index in [1.165, 1.54) is 13.2 Å². The fraction of sp³-hybridized carbons (Fsp3) is 0.389. The van der Waals surface area contributed by atoms with E-state index < -0.39 is 10.0 Å². The lowest BCUT2D eigenvalue weighted by molar-refractivity contribution is 0.202. The zero-order valence-electron chi connectivity index (χ0n) is 15.0. The second kappa shape index (κ2) is 7.54. The first-order valence-corrected chi connectivity index (χ1v) is 10.7. The second-order valence-corrected chi connectivity index (χ2v) is 9.11. The third kappa shape index (κ3) is 4.02. The molecule has 0 bridgehead atoms. The minimum atomic E-state index is -3.79. The fourth-order valence-electron chi connectivity index (χ4n) is 3.02. The molecule has 2 heterocycles. The van der Waals surface area contributed by atoms with Crippen LogP contribution < -0.4 is 9.46 Å². The quantitative estimate of drug-likeness (QED) is 0.772. The number of halogens is 1. The first kappa shape index (κ1) is 19.1. The molecule has 0 saturated carbocycles. The Bertz CT molecular complexity index is 916. The molecule has 3 rings (SSSR count). The van der Waals surface area contributed by atoms with Gasteiger partial charge < -0.3 is 4.74 Å². The molecule has 1 aromatic heterocycles. The number of pyridine rings is 1. The van der Waals surface area contributed by atoms with E-state index in [-0.39, 0.29) is 10.6 Å². The van der Waals surface area contributed by atoms with Crippen LogP contribution in [-0.4, -0.2) is 38.0 Å². The number of nitrogens with zero attached hydrogens (tertiary/aromatic N) is 2. The van der Waals surface area contributed by atoms with Gasteiger partial charge in [-0.3, -0.25) is 14.6 Å². The standard InChI is InChI=1S/C18H22BrN3O3S/c1-12(2)22-7-6-16-13(11-22)8-15(10-20-16)21-26(23,24)18-9-14(19)4-5-17(18)25-3/h4-5,8-10,12,21H,6-7,11H2,1-3H3. The molecule has 0 radical (unpaired) electrons. The summed E-state index contributed by atoms with van der Waals surface area (Å²) in [5, 5.41) is 0. The van der Waals surface area contributed by atoms with Gasteiger partial charge in [0.05, 0.1) is 19.0 Å². The van der Waals surface area contributed by atoms with Crippen molar-refractivity contribution in [2.24, 2.45) is 0 Å². The predicted octanol–water partition coefficient (Wildman–Crippen LogP) is 3.42. The van der Waals surface area contributed by atoms with Crippen molar-refractivity contribution in [3.63, 3.8) is 0 Å². The molecule has 0 amide bonds. The van der Waals surface area contributed by atoms with E-state index in [1.54, 1.807) is 18.3 Å². The SMILES string of the molecule is COc1ccc(Br)cc1S(=O)(=O)Nc1cnc2c(c1)CN(C(C)C)CC2. The van der Waals surface area contributed by atoms with Gasteiger partial charge in [-0.15, -0.1) is 0 Å². The maximum atomic E-state index is 12.8. The van der Waals surface area contributed by atoms with E-state index in [0.29, 0.717) is 16.2 Å². The molecule has 0 saturated heterocycles. The van der Waals surface area contributed by atoms with Gasteiger partial charge in [0.1, 0.15) is 10.6 Å². The molecular weight excluding hydrogens is 418 g/mol. The highest BCUT2D eigenvalue weighted by Crippen LogP contribution is 2.29. The van der Waals surface area contributed by atoms with Crippen LogP contribution in [0.4, 0.5) is 5.69 Å². The van der Waals surface area contributed by atoms with Crippen molar-refractivity contribution in [1.82, 2.24) is 9.88 Å². The Balaban J connectivity index is 1.90. The summed E-state index contributed by atoms with van der Waals surface area (Å²) < 4.78 is 34.1. The second-order valence-electron chi connectivity index (χ2n) is 6.54. The van der Waals surface area contributed by atoms with Gasteiger partial charge in [0, 0.05) is 35.7 Å². The van der Waals surface area contributed by atoms with E-state index in [1.807, 2.05) is 6.07 Å². The zero-order valence-corrected chi connectivity index (χ0v) is 17.4. The molecule has 1 aliphatic rings. The van der Waals surface area contributed by atoms with E-state index in [4.69, 9.17) is 4.74 Å². The van der Waals surface area contributed by atoms with Crippen molar-refractivity contribution in [3.8, 4) is 5.75 Å². The highest BCUT2D eigenvalue weighted by atomic mass is 79.9. The smallest absolute Gasteiger partial charge is 0.265 e. The maximum Gasteiger partial charge on any atom is 0.265 e. The van der Waals surface area contributed by atoms with Crippen molar-refractivity contribution in [3.05, 3.63) is 46.2 Å². The van der Waals surface area contributed by atoms with Crippen LogP contribution in [0, 0.1) is 0 Å². The van der Waals surface area contributed by atoms with Crippen molar-refractivity contribution >= 4 is 31.6 Å². The van der Waals surface area contributed by atoms with Gasteiger partial charge >= 0.3 is 0 Å². The van der Waals surface area contributed by atoms with Gasteiger partial charge in [0.25, 0.3) is 10.0 Å². The highest BCUT2D eigenvalue weighted by Gasteiger charge is 2.23. The minimum absolute atomic E-state index is 0.0795. The summed E-state index contributed by atoms with van der Waals surface area (Å²) in [6.07, 6.45) is 2.45. The van der Waals surface area contributed by atoms with Crippen molar-refractivity contribution < 1.29 is 13.2 Å². The number of sulfonamides is 1. The van der Waals surface area contributed by atoms with Crippen LogP contribution in [0.3, 0.4) is 0 Å². The van der Waals surface area contributed by atoms with Crippen LogP contribution in [-0.2, 0) is 23.0 Å². The third-order valence-electron chi connectivity index (χ3n) is 4.47. The van der Waals surface area contributed by atoms with E-state index in [0.717, 1.165) is 30.8 Å². The van der Waals surface area contributed by atoms with Gasteiger partial charge in [0.15, 0.2) is 0 Å². The monoisotopic (exact) mass is 439 g/mol. The minimum Gasteiger partial charge on any atom is -0.495 e. The summed E-state index contributed by atoms with van der Waals surface area (Å²) in [4.78, 5) is 6.88. The van der Waals surface area contributed by atoms with Crippen LogP contribution in [0.1, 0.15) is 25.1 Å². The zero-order chi connectivity index (χ0) is 18.9. The van der Waals surface area contributed by atoms with Crippen LogP contribution >= 0.6 is 15.9 Å². The lowest BCUT2D eigenvalue weighted by atomic mass is 10.0. The number of ether oxygens (including phenoxy) is 1. The first-order valence-electron chi connectivity index (χ1n) is 8.38. The molecule has 0 atom stereocenters. The Kier molecular flexibility index (Phi) is 5.55. The average Bonchev–Trinajstić information content (AvgIpc) is 2.60. The lowest BCUT2D eigenvalue weighted by Gasteiger charge is -2.31. The largest absolute Gasteiger partial charge is 0.495 e. The Morgan fingerprint density at radius 3 is 2.77 bits per heavy atom. The van der Waals surface area contributed by atoms with Crippen LogP contribution in [0.15, 0.2) is 39.8 Å². The Morgan fingerprint density at radius 1 is 1.31 bits per heavy atom. The first-order chi connectivity index (χ1) is 12.3. The summed E-state index contributed by atoms with van der Waals surface area (Å²) in [6.45, 7) is 6.06. The van der Waals surface area contributed by atoms with Gasteiger partial charge in [0.2, 0.25) is 0 Å². The molecule has 2 aromatic rings. The van der Waals surface area contributed by atoms with E-state index >= 15 is 0 Å². The van der Waals surface area contributed by atoms with Gasteiger partial charge in [-0.2, -0.15) is 0 Å². The molecule has 8 heteroatoms. The Hall–Kier alpha value is -1.64. The molecule has 1 N–H and O–H groups in total. The molecule has 140 valence electrons. The number of methoxy groups -OCH3 is 1. The van der Waals surface area contributed by atoms with Crippen LogP contribution in [0.2, 0.25) is 0 Å². The average molecular weight is 440 g/mol. The van der Waals surface area contributed by atoms with E-state index in [2.05, 4.69) is 44.4 Å². The number of rotatable bonds is 5. The molecule has 1 aliphatic heterocycles. The van der Waals surface area contributed by atoms with Crippen molar-refractivity contribution in [1.29, 1.82) is 0 Å². The van der Waals surface area contributed by atoms with Gasteiger partial charge in [-0.05, 0) is 43.7 Å². The Morgan fingerprint density at radius 2 is 2.08 bits per heavy atom. The van der Waals surface area contributed by atoms with E-state index in [9.17, 15) is 8.42 Å².